The molecule has 1 heterocycles. The molecule has 4 N–H and O–H groups in total. The number of hydrogen-bond donors (Lipinski definition) is 4. The average molecular weight is 259 g/mol. The monoisotopic (exact) mass is 259 g/mol. The van der Waals surface area contributed by atoms with E-state index in [1.54, 1.807) is 6.92 Å². The van der Waals surface area contributed by atoms with Gasteiger partial charge in [-0.15, -0.1) is 0 Å². The number of nitriles is 1. The van der Waals surface area contributed by atoms with Crippen LogP contribution in [0.4, 0.5) is 0 Å². The highest BCUT2D eigenvalue weighted by atomic mass is 16.7. The maximum Gasteiger partial charge on any atom is 0.187 e. The van der Waals surface area contributed by atoms with Crippen LogP contribution in [0.25, 0.3) is 0 Å². The molecule has 7 nitrogen and oxygen atoms in total. The van der Waals surface area contributed by atoms with Crippen molar-refractivity contribution >= 4 is 0 Å². The van der Waals surface area contributed by atoms with Crippen LogP contribution in [-0.2, 0) is 9.47 Å². The van der Waals surface area contributed by atoms with Gasteiger partial charge in [-0.25, -0.2) is 0 Å². The molecule has 1 aliphatic rings. The van der Waals surface area contributed by atoms with Gasteiger partial charge in [0.1, 0.15) is 24.4 Å². The largest absolute Gasteiger partial charge is 0.394 e. The first-order valence-electron chi connectivity index (χ1n) is 5.50. The topological polar surface area (TPSA) is 123 Å². The number of nitrogens with zero attached hydrogens (tertiary/aromatic N) is 1. The fourth-order valence-corrected chi connectivity index (χ4v) is 1.52. The molecule has 18 heavy (non-hydrogen) atoms. The Morgan fingerprint density at radius 3 is 2.56 bits per heavy atom. The number of allylic oxidation sites excluding steroid dienone is 1. The van der Waals surface area contributed by atoms with Crippen molar-refractivity contribution in [2.45, 2.75) is 37.6 Å². The van der Waals surface area contributed by atoms with Crippen molar-refractivity contribution in [3.05, 3.63) is 11.6 Å². The van der Waals surface area contributed by atoms with Crippen LogP contribution in [0.3, 0.4) is 0 Å². The summed E-state index contributed by atoms with van der Waals surface area (Å²) in [7, 11) is 0. The highest BCUT2D eigenvalue weighted by Gasteiger charge is 2.43. The van der Waals surface area contributed by atoms with Crippen molar-refractivity contribution in [2.75, 3.05) is 13.2 Å². The van der Waals surface area contributed by atoms with Gasteiger partial charge in [-0.3, -0.25) is 0 Å². The van der Waals surface area contributed by atoms with Gasteiger partial charge in [0.05, 0.1) is 19.3 Å². The van der Waals surface area contributed by atoms with Gasteiger partial charge in [-0.2, -0.15) is 5.26 Å². The molecule has 0 aromatic rings. The van der Waals surface area contributed by atoms with E-state index in [2.05, 4.69) is 0 Å². The fraction of sp³-hybridized carbons (Fsp3) is 0.727. The van der Waals surface area contributed by atoms with Gasteiger partial charge in [0.25, 0.3) is 0 Å². The highest BCUT2D eigenvalue weighted by molar-refractivity contribution is 5.17. The molecule has 102 valence electrons. The lowest BCUT2D eigenvalue weighted by Gasteiger charge is -2.39. The summed E-state index contributed by atoms with van der Waals surface area (Å²) in [5.74, 6) is 0. The Labute approximate surface area is 104 Å². The fourth-order valence-electron chi connectivity index (χ4n) is 1.52. The summed E-state index contributed by atoms with van der Waals surface area (Å²) < 4.78 is 10.2. The Balaban J connectivity index is 2.57. The Bertz CT molecular complexity index is 337. The number of aliphatic hydroxyl groups is 4. The second-order valence-electron chi connectivity index (χ2n) is 4.03. The van der Waals surface area contributed by atoms with Crippen molar-refractivity contribution in [3.63, 3.8) is 0 Å². The Hall–Kier alpha value is -1.01. The Kier molecular flexibility index (Phi) is 5.68. The third-order valence-electron chi connectivity index (χ3n) is 2.67. The van der Waals surface area contributed by atoms with Gasteiger partial charge in [0.2, 0.25) is 0 Å². The van der Waals surface area contributed by atoms with Crippen LogP contribution in [-0.4, -0.2) is 64.3 Å². The molecule has 0 saturated carbocycles. The average Bonchev–Trinajstić information content (AvgIpc) is 2.38. The van der Waals surface area contributed by atoms with Crippen molar-refractivity contribution in [1.82, 2.24) is 0 Å². The van der Waals surface area contributed by atoms with E-state index in [-0.39, 0.29) is 6.61 Å². The Morgan fingerprint density at radius 1 is 1.33 bits per heavy atom. The lowest BCUT2D eigenvalue weighted by atomic mass is 9.99. The molecule has 0 spiro atoms. The van der Waals surface area contributed by atoms with Crippen LogP contribution in [0.15, 0.2) is 11.6 Å². The first-order chi connectivity index (χ1) is 8.51. The Morgan fingerprint density at radius 2 is 2.00 bits per heavy atom. The smallest absolute Gasteiger partial charge is 0.187 e. The summed E-state index contributed by atoms with van der Waals surface area (Å²) in [6, 6.07) is 1.90. The minimum absolute atomic E-state index is 0.0160. The quantitative estimate of drug-likeness (QED) is 0.442. The molecule has 0 aromatic carbocycles. The molecule has 0 aromatic heterocycles. The summed E-state index contributed by atoms with van der Waals surface area (Å²) in [6.45, 7) is 1.11. The van der Waals surface area contributed by atoms with E-state index in [4.69, 9.17) is 19.8 Å². The summed E-state index contributed by atoms with van der Waals surface area (Å²) in [5.41, 5.74) is 0.444. The van der Waals surface area contributed by atoms with Crippen LogP contribution >= 0.6 is 0 Å². The lowest BCUT2D eigenvalue weighted by molar-refractivity contribution is -0.298. The zero-order chi connectivity index (χ0) is 13.7. The van der Waals surface area contributed by atoms with E-state index in [1.807, 2.05) is 6.07 Å². The molecule has 1 aliphatic heterocycles. The molecule has 0 aliphatic carbocycles. The van der Waals surface area contributed by atoms with E-state index in [0.717, 1.165) is 0 Å². The third-order valence-corrected chi connectivity index (χ3v) is 2.67. The normalized spacial score (nSPS) is 37.3. The van der Waals surface area contributed by atoms with Gasteiger partial charge in [-0.1, -0.05) is 0 Å². The lowest BCUT2D eigenvalue weighted by Crippen LogP contribution is -2.59. The maximum absolute atomic E-state index is 9.62. The summed E-state index contributed by atoms with van der Waals surface area (Å²) in [5, 5.41) is 46.1. The van der Waals surface area contributed by atoms with Crippen molar-refractivity contribution in [2.24, 2.45) is 0 Å². The second kappa shape index (κ2) is 6.80. The SMILES string of the molecule is CC(C#N)=CCO[C@@H]1O[C@H](CO)[C@@H](O)[C@H](O)[C@H]1O. The van der Waals surface area contributed by atoms with Crippen LogP contribution in [0.1, 0.15) is 6.92 Å². The number of hydrogen-bond acceptors (Lipinski definition) is 7. The highest BCUT2D eigenvalue weighted by Crippen LogP contribution is 2.21. The molecule has 1 fully saturated rings. The number of rotatable bonds is 4. The second-order valence-corrected chi connectivity index (χ2v) is 4.03. The first kappa shape index (κ1) is 15.0. The summed E-state index contributed by atoms with van der Waals surface area (Å²) in [6.07, 6.45) is -4.94. The maximum atomic E-state index is 9.62. The molecular formula is C11H17NO6. The number of aliphatic hydroxyl groups excluding tert-OH is 4. The zero-order valence-corrected chi connectivity index (χ0v) is 9.93. The molecule has 7 heteroatoms. The number of ether oxygens (including phenoxy) is 2. The van der Waals surface area contributed by atoms with Crippen molar-refractivity contribution in [1.29, 1.82) is 5.26 Å². The van der Waals surface area contributed by atoms with Gasteiger partial charge < -0.3 is 29.9 Å². The van der Waals surface area contributed by atoms with Gasteiger partial charge in [0.15, 0.2) is 6.29 Å². The van der Waals surface area contributed by atoms with Crippen molar-refractivity contribution < 1.29 is 29.9 Å². The van der Waals surface area contributed by atoms with Crippen LogP contribution in [0.2, 0.25) is 0 Å². The van der Waals surface area contributed by atoms with Crippen LogP contribution < -0.4 is 0 Å². The minimum atomic E-state index is -1.46. The molecule has 1 rings (SSSR count). The predicted octanol–water partition coefficient (Wildman–Crippen LogP) is -1.73. The molecular weight excluding hydrogens is 242 g/mol. The molecule has 1 saturated heterocycles. The van der Waals surface area contributed by atoms with E-state index >= 15 is 0 Å². The van der Waals surface area contributed by atoms with Gasteiger partial charge >= 0.3 is 0 Å². The molecule has 0 amide bonds. The van der Waals surface area contributed by atoms with E-state index in [9.17, 15) is 15.3 Å². The predicted molar refractivity (Wildman–Crippen MR) is 59.1 cm³/mol. The van der Waals surface area contributed by atoms with E-state index < -0.39 is 37.3 Å². The van der Waals surface area contributed by atoms with Crippen LogP contribution in [0.5, 0.6) is 0 Å². The standard InChI is InChI=1S/C11H17NO6/c1-6(4-12)2-3-17-11-10(16)9(15)8(14)7(5-13)18-11/h2,7-11,13-16H,3,5H2,1H3/t7-,8-,9+,10-,11-/m1/s1. The van der Waals surface area contributed by atoms with E-state index in [0.29, 0.717) is 5.57 Å². The summed E-state index contributed by atoms with van der Waals surface area (Å²) in [4.78, 5) is 0. The minimum Gasteiger partial charge on any atom is -0.394 e. The van der Waals surface area contributed by atoms with Crippen LogP contribution in [0, 0.1) is 11.3 Å². The molecule has 0 unspecified atom stereocenters. The van der Waals surface area contributed by atoms with Gasteiger partial charge in [-0.05, 0) is 13.0 Å². The molecule has 5 atom stereocenters. The first-order valence-corrected chi connectivity index (χ1v) is 5.50. The van der Waals surface area contributed by atoms with E-state index in [1.165, 1.54) is 6.08 Å². The zero-order valence-electron chi connectivity index (χ0n) is 9.93. The molecule has 0 radical (unpaired) electrons. The van der Waals surface area contributed by atoms with Crippen molar-refractivity contribution in [3.8, 4) is 6.07 Å². The molecule has 0 bridgehead atoms. The third kappa shape index (κ3) is 3.49. The summed E-state index contributed by atoms with van der Waals surface area (Å²) >= 11 is 0. The van der Waals surface area contributed by atoms with Gasteiger partial charge in [0, 0.05) is 5.57 Å².